The molecule has 2 aromatic carbocycles. The van der Waals surface area contributed by atoms with Gasteiger partial charge in [0.15, 0.2) is 5.16 Å². The van der Waals surface area contributed by atoms with E-state index >= 15 is 0 Å². The van der Waals surface area contributed by atoms with Crippen LogP contribution in [0.15, 0.2) is 64.5 Å². The van der Waals surface area contributed by atoms with E-state index in [0.29, 0.717) is 30.0 Å². The maximum atomic E-state index is 12.9. The summed E-state index contributed by atoms with van der Waals surface area (Å²) in [6.07, 6.45) is 1.05. The van der Waals surface area contributed by atoms with Gasteiger partial charge in [0.05, 0.1) is 11.3 Å². The molecule has 2 N–H and O–H groups in total. The summed E-state index contributed by atoms with van der Waals surface area (Å²) >= 11 is 0.958. The maximum absolute atomic E-state index is 12.9. The monoisotopic (exact) mass is 451 g/mol. The SMILES string of the molecule is CCCc1c(O)nc(S[C@H]2CC(=O)N(c3ccc(Oc4ccccc4)cc3)C2=O)[nH]c1=O. The van der Waals surface area contributed by atoms with Crippen molar-refractivity contribution in [3.63, 3.8) is 0 Å². The number of nitrogens with zero attached hydrogens (tertiary/aromatic N) is 2. The van der Waals surface area contributed by atoms with E-state index in [1.165, 1.54) is 0 Å². The highest BCUT2D eigenvalue weighted by Gasteiger charge is 2.40. The van der Waals surface area contributed by atoms with Gasteiger partial charge in [-0.3, -0.25) is 14.4 Å². The fourth-order valence-corrected chi connectivity index (χ4v) is 4.38. The first-order valence-electron chi connectivity index (χ1n) is 10.1. The third kappa shape index (κ3) is 4.52. The van der Waals surface area contributed by atoms with Crippen molar-refractivity contribution in [1.82, 2.24) is 9.97 Å². The number of thioether (sulfide) groups is 1. The van der Waals surface area contributed by atoms with E-state index in [1.807, 2.05) is 37.3 Å². The van der Waals surface area contributed by atoms with Gasteiger partial charge in [-0.05, 0) is 42.8 Å². The summed E-state index contributed by atoms with van der Waals surface area (Å²) in [5.74, 6) is 0.157. The number of aromatic amines is 1. The fourth-order valence-electron chi connectivity index (χ4n) is 3.39. The molecule has 1 aliphatic rings. The highest BCUT2D eigenvalue weighted by atomic mass is 32.2. The van der Waals surface area contributed by atoms with E-state index in [9.17, 15) is 19.5 Å². The van der Waals surface area contributed by atoms with Gasteiger partial charge < -0.3 is 14.8 Å². The fraction of sp³-hybridized carbons (Fsp3) is 0.217. The number of imide groups is 1. The van der Waals surface area contributed by atoms with E-state index in [4.69, 9.17) is 4.74 Å². The first kappa shape index (κ1) is 21.6. The Balaban J connectivity index is 1.48. The third-order valence-electron chi connectivity index (χ3n) is 4.90. The standard InChI is InChI=1S/C23H21N3O5S/c1-2-6-17-20(28)24-23(25-21(17)29)32-18-13-19(27)26(22(18)30)14-9-11-16(12-10-14)31-15-7-4-3-5-8-15/h3-5,7-12,18H,2,6,13H2,1H3,(H2,24,25,28,29)/t18-/m0/s1. The van der Waals surface area contributed by atoms with Crippen molar-refractivity contribution in [3.8, 4) is 17.4 Å². The number of nitrogens with one attached hydrogen (secondary N) is 1. The molecule has 2 heterocycles. The summed E-state index contributed by atoms with van der Waals surface area (Å²) in [5, 5.41) is 9.39. The molecule has 8 nitrogen and oxygen atoms in total. The second-order valence-corrected chi connectivity index (χ2v) is 8.40. The molecule has 32 heavy (non-hydrogen) atoms. The van der Waals surface area contributed by atoms with E-state index in [-0.39, 0.29) is 28.9 Å². The Labute approximate surface area is 188 Å². The Morgan fingerprint density at radius 1 is 1.09 bits per heavy atom. The second-order valence-electron chi connectivity index (χ2n) is 7.21. The van der Waals surface area contributed by atoms with Gasteiger partial charge in [-0.25, -0.2) is 4.90 Å². The molecule has 1 aliphatic heterocycles. The number of ether oxygens (including phenoxy) is 1. The van der Waals surface area contributed by atoms with Gasteiger partial charge in [-0.1, -0.05) is 43.3 Å². The van der Waals surface area contributed by atoms with Gasteiger partial charge in [-0.15, -0.1) is 0 Å². The van der Waals surface area contributed by atoms with Crippen molar-refractivity contribution in [2.24, 2.45) is 0 Å². The predicted octanol–water partition coefficient (Wildman–Crippen LogP) is 3.64. The molecule has 0 spiro atoms. The molecule has 9 heteroatoms. The number of anilines is 1. The van der Waals surface area contributed by atoms with Gasteiger partial charge in [0, 0.05) is 6.42 Å². The minimum atomic E-state index is -0.748. The second kappa shape index (κ2) is 9.27. The summed E-state index contributed by atoms with van der Waals surface area (Å²) in [4.78, 5) is 45.3. The maximum Gasteiger partial charge on any atom is 0.258 e. The Morgan fingerprint density at radius 3 is 2.44 bits per heavy atom. The number of rotatable bonds is 7. The number of para-hydroxylation sites is 1. The van der Waals surface area contributed by atoms with Gasteiger partial charge in [0.25, 0.3) is 5.56 Å². The number of aromatic nitrogens is 2. The van der Waals surface area contributed by atoms with Crippen LogP contribution in [0, 0.1) is 0 Å². The van der Waals surface area contributed by atoms with E-state index in [0.717, 1.165) is 16.7 Å². The molecule has 2 amide bonds. The van der Waals surface area contributed by atoms with Crippen LogP contribution in [-0.4, -0.2) is 32.1 Å². The summed E-state index contributed by atoms with van der Waals surface area (Å²) in [6.45, 7) is 1.89. The number of amides is 2. The van der Waals surface area contributed by atoms with Crippen LogP contribution in [0.2, 0.25) is 0 Å². The molecule has 4 rings (SSSR count). The molecule has 0 radical (unpaired) electrons. The third-order valence-corrected chi connectivity index (χ3v) is 5.97. The smallest absolute Gasteiger partial charge is 0.258 e. The van der Waals surface area contributed by atoms with Gasteiger partial charge in [0.1, 0.15) is 16.7 Å². The highest BCUT2D eigenvalue weighted by molar-refractivity contribution is 8.00. The summed E-state index contributed by atoms with van der Waals surface area (Å²) in [6, 6.07) is 15.9. The normalized spacial score (nSPS) is 15.9. The lowest BCUT2D eigenvalue weighted by Gasteiger charge is -2.15. The molecular formula is C23H21N3O5S. The molecule has 3 aromatic rings. The highest BCUT2D eigenvalue weighted by Crippen LogP contribution is 2.34. The zero-order chi connectivity index (χ0) is 22.7. The zero-order valence-corrected chi connectivity index (χ0v) is 18.1. The van der Waals surface area contributed by atoms with E-state index in [1.54, 1.807) is 24.3 Å². The topological polar surface area (TPSA) is 113 Å². The van der Waals surface area contributed by atoms with Crippen LogP contribution in [0.3, 0.4) is 0 Å². The molecule has 1 aromatic heterocycles. The van der Waals surface area contributed by atoms with Gasteiger partial charge >= 0.3 is 0 Å². The molecule has 164 valence electrons. The van der Waals surface area contributed by atoms with Gasteiger partial charge in [0.2, 0.25) is 17.7 Å². The first-order valence-corrected chi connectivity index (χ1v) is 11.0. The Morgan fingerprint density at radius 2 is 1.78 bits per heavy atom. The van der Waals surface area contributed by atoms with Crippen LogP contribution < -0.4 is 15.2 Å². The number of carbonyl (C=O) groups excluding carboxylic acids is 2. The predicted molar refractivity (Wildman–Crippen MR) is 120 cm³/mol. The van der Waals surface area contributed by atoms with Crippen LogP contribution >= 0.6 is 11.8 Å². The molecule has 0 unspecified atom stereocenters. The van der Waals surface area contributed by atoms with E-state index in [2.05, 4.69) is 9.97 Å². The number of H-pyrrole nitrogens is 1. The molecule has 0 aliphatic carbocycles. The minimum Gasteiger partial charge on any atom is -0.493 e. The lowest BCUT2D eigenvalue weighted by molar-refractivity contribution is -0.121. The van der Waals surface area contributed by atoms with Gasteiger partial charge in [-0.2, -0.15) is 4.98 Å². The lowest BCUT2D eigenvalue weighted by Crippen LogP contribution is -2.31. The van der Waals surface area contributed by atoms with Crippen LogP contribution in [0.25, 0.3) is 0 Å². The van der Waals surface area contributed by atoms with Crippen molar-refractivity contribution in [2.75, 3.05) is 4.90 Å². The Bertz CT molecular complexity index is 1190. The number of hydrogen-bond acceptors (Lipinski definition) is 7. The molecule has 1 saturated heterocycles. The van der Waals surface area contributed by atoms with Crippen LogP contribution in [0.5, 0.6) is 17.4 Å². The first-order chi connectivity index (χ1) is 15.5. The average molecular weight is 452 g/mol. The molecule has 0 saturated carbocycles. The van der Waals surface area contributed by atoms with Crippen molar-refractivity contribution >= 4 is 29.3 Å². The number of hydrogen-bond donors (Lipinski definition) is 2. The molecule has 1 atom stereocenters. The number of aromatic hydroxyl groups is 1. The number of carbonyl (C=O) groups is 2. The van der Waals surface area contributed by atoms with Crippen molar-refractivity contribution in [1.29, 1.82) is 0 Å². The Kier molecular flexibility index (Phi) is 6.27. The zero-order valence-electron chi connectivity index (χ0n) is 17.3. The quantitative estimate of drug-likeness (QED) is 0.416. The molecule has 0 bridgehead atoms. The van der Waals surface area contributed by atoms with Crippen molar-refractivity contribution < 1.29 is 19.4 Å². The number of benzene rings is 2. The molecule has 1 fully saturated rings. The molecular weight excluding hydrogens is 430 g/mol. The lowest BCUT2D eigenvalue weighted by atomic mass is 10.2. The van der Waals surface area contributed by atoms with Crippen LogP contribution in [0.4, 0.5) is 5.69 Å². The van der Waals surface area contributed by atoms with Crippen LogP contribution in [-0.2, 0) is 16.0 Å². The van der Waals surface area contributed by atoms with Crippen LogP contribution in [0.1, 0.15) is 25.3 Å². The average Bonchev–Trinajstić information content (AvgIpc) is 3.05. The Hall–Kier alpha value is -3.59. The summed E-state index contributed by atoms with van der Waals surface area (Å²) in [7, 11) is 0. The largest absolute Gasteiger partial charge is 0.493 e. The van der Waals surface area contributed by atoms with E-state index < -0.39 is 16.7 Å². The van der Waals surface area contributed by atoms with Crippen molar-refractivity contribution in [3.05, 3.63) is 70.5 Å². The van der Waals surface area contributed by atoms with Crippen molar-refractivity contribution in [2.45, 2.75) is 36.6 Å². The summed E-state index contributed by atoms with van der Waals surface area (Å²) < 4.78 is 5.74. The summed E-state index contributed by atoms with van der Waals surface area (Å²) in [5.41, 5.74) is 0.209. The minimum absolute atomic E-state index is 0.0348.